The monoisotopic (exact) mass is 545 g/mol. The molecule has 0 bridgehead atoms. The second-order valence-corrected chi connectivity index (χ2v) is 10.0. The quantitative estimate of drug-likeness (QED) is 0.200. The van der Waals surface area contributed by atoms with E-state index < -0.39 is 29.6 Å². The molecule has 1 fully saturated rings. The molecule has 4 atom stereocenters. The number of aromatic nitrogens is 3. The molecule has 2 aromatic carbocycles. The number of aliphatic hydroxyl groups excluding tert-OH is 1. The van der Waals surface area contributed by atoms with Gasteiger partial charge in [0, 0.05) is 42.5 Å². The van der Waals surface area contributed by atoms with Crippen molar-refractivity contribution in [2.24, 2.45) is 5.92 Å². The van der Waals surface area contributed by atoms with Gasteiger partial charge in [0.1, 0.15) is 0 Å². The number of nitrogens with one attached hydrogen (secondary N) is 1. The molecule has 40 heavy (non-hydrogen) atoms. The van der Waals surface area contributed by atoms with E-state index in [2.05, 4.69) is 15.6 Å². The van der Waals surface area contributed by atoms with Crippen LogP contribution in [0.25, 0.3) is 0 Å². The lowest BCUT2D eigenvalue weighted by Crippen LogP contribution is -2.55. The van der Waals surface area contributed by atoms with Gasteiger partial charge >= 0.3 is 5.97 Å². The summed E-state index contributed by atoms with van der Waals surface area (Å²) in [6, 6.07) is 14.5. The molecule has 2 aliphatic rings. The molecule has 11 nitrogen and oxygen atoms in total. The first kappa shape index (κ1) is 27.2. The summed E-state index contributed by atoms with van der Waals surface area (Å²) in [6.45, 7) is 3.45. The topological polar surface area (TPSA) is 147 Å². The third kappa shape index (κ3) is 5.01. The van der Waals surface area contributed by atoms with Crippen molar-refractivity contribution in [3.8, 4) is 0 Å². The van der Waals surface area contributed by atoms with E-state index in [4.69, 9.17) is 4.74 Å². The normalized spacial score (nSPS) is 21.6. The molecule has 2 amide bonds. The Kier molecular flexibility index (Phi) is 7.51. The lowest BCUT2D eigenvalue weighted by atomic mass is 9.82. The smallest absolute Gasteiger partial charge is 0.304 e. The summed E-state index contributed by atoms with van der Waals surface area (Å²) in [5.74, 6) is -2.13. The molecule has 2 aliphatic heterocycles. The van der Waals surface area contributed by atoms with Crippen LogP contribution in [0.15, 0.2) is 66.9 Å². The van der Waals surface area contributed by atoms with Crippen LogP contribution in [0.5, 0.6) is 0 Å². The maximum absolute atomic E-state index is 12.9. The van der Waals surface area contributed by atoms with Gasteiger partial charge in [-0.05, 0) is 30.2 Å². The van der Waals surface area contributed by atoms with E-state index in [-0.39, 0.29) is 24.9 Å². The molecule has 0 saturated carbocycles. The van der Waals surface area contributed by atoms with Crippen molar-refractivity contribution in [3.63, 3.8) is 0 Å². The van der Waals surface area contributed by atoms with Crippen molar-refractivity contribution in [1.82, 2.24) is 15.0 Å². The van der Waals surface area contributed by atoms with Gasteiger partial charge in [-0.25, -0.2) is 0 Å². The molecule has 5 rings (SSSR count). The minimum absolute atomic E-state index is 0.0808. The van der Waals surface area contributed by atoms with Crippen LogP contribution < -0.4 is 10.2 Å². The number of anilines is 2. The highest BCUT2D eigenvalue weighted by atomic mass is 16.6. The number of nitrogens with zero attached hydrogens (tertiary/aromatic N) is 4. The number of fused-ring (bicyclic) bond motifs is 1. The molecule has 3 heterocycles. The largest absolute Gasteiger partial charge is 0.441 e. The Labute approximate surface area is 231 Å². The zero-order valence-corrected chi connectivity index (χ0v) is 22.2. The third-order valence-corrected chi connectivity index (χ3v) is 7.40. The molecule has 0 spiro atoms. The van der Waals surface area contributed by atoms with E-state index in [0.717, 1.165) is 5.56 Å². The van der Waals surface area contributed by atoms with Gasteiger partial charge in [0.05, 0.1) is 24.6 Å². The van der Waals surface area contributed by atoms with Crippen molar-refractivity contribution in [1.29, 1.82) is 0 Å². The maximum Gasteiger partial charge on any atom is 0.304 e. The van der Waals surface area contributed by atoms with Gasteiger partial charge in [0.2, 0.25) is 5.91 Å². The number of hydrogen-bond donors (Lipinski definition) is 3. The highest BCUT2D eigenvalue weighted by molar-refractivity contribution is 6.07. The van der Waals surface area contributed by atoms with E-state index in [1.54, 1.807) is 42.1 Å². The minimum Gasteiger partial charge on any atom is -0.441 e. The fraction of sp³-hybridized carbons (Fsp3) is 0.345. The molecule has 0 aliphatic carbocycles. The standard InChI is InChI=1S/C29H31N5O6/c1-18(8-6-7-13-33-16-25(31-32-33)22(17-35)20-9-4-3-5-10-20)29(39)23-14-21(11-12-24(23)30-28(29)38)34-26(37)15-27(34)40-19(2)36/h3-6,8-12,14,16,18,22,27,35,39H,7,13,15,17H2,1-2H3,(H,30,38)/b8-6+/t18-,22?,27?,29+/m0/s1. The van der Waals surface area contributed by atoms with Crippen LogP contribution in [-0.4, -0.2) is 55.8 Å². The summed E-state index contributed by atoms with van der Waals surface area (Å²) >= 11 is 0. The number of carbonyl (C=O) groups excluding carboxylic acids is 3. The Bertz CT molecular complexity index is 1450. The van der Waals surface area contributed by atoms with Gasteiger partial charge in [0.15, 0.2) is 11.8 Å². The maximum atomic E-state index is 12.9. The Balaban J connectivity index is 1.26. The van der Waals surface area contributed by atoms with Crippen molar-refractivity contribution in [2.45, 2.75) is 51.0 Å². The van der Waals surface area contributed by atoms with Gasteiger partial charge in [-0.2, -0.15) is 0 Å². The number of carbonyl (C=O) groups is 3. The Hall–Kier alpha value is -4.35. The van der Waals surface area contributed by atoms with E-state index in [1.807, 2.05) is 36.4 Å². The van der Waals surface area contributed by atoms with Crippen molar-refractivity contribution >= 4 is 29.2 Å². The second kappa shape index (κ2) is 11.0. The van der Waals surface area contributed by atoms with Crippen LogP contribution in [0.1, 0.15) is 49.4 Å². The van der Waals surface area contributed by atoms with Gasteiger partial charge in [0.25, 0.3) is 5.91 Å². The van der Waals surface area contributed by atoms with E-state index in [9.17, 15) is 24.6 Å². The summed E-state index contributed by atoms with van der Waals surface area (Å²) in [5, 5.41) is 32.6. The number of esters is 1. The lowest BCUT2D eigenvalue weighted by molar-refractivity contribution is -0.153. The van der Waals surface area contributed by atoms with E-state index >= 15 is 0 Å². The fourth-order valence-electron chi connectivity index (χ4n) is 5.17. The molecule has 11 heteroatoms. The summed E-state index contributed by atoms with van der Waals surface area (Å²) in [4.78, 5) is 37.9. The average Bonchev–Trinajstić information content (AvgIpc) is 3.49. The second-order valence-electron chi connectivity index (χ2n) is 10.0. The number of benzene rings is 2. The van der Waals surface area contributed by atoms with Gasteiger partial charge in [-0.15, -0.1) is 5.10 Å². The first-order valence-corrected chi connectivity index (χ1v) is 13.1. The number of aryl methyl sites for hydroxylation is 1. The average molecular weight is 546 g/mol. The van der Waals surface area contributed by atoms with Crippen LogP contribution in [0, 0.1) is 5.92 Å². The lowest BCUT2D eigenvalue weighted by Gasteiger charge is -2.39. The Morgan fingerprint density at radius 1 is 1.25 bits per heavy atom. The SMILES string of the molecule is CC(=O)OC1CC(=O)N1c1ccc2c(c1)[C@](O)([C@@H](C)/C=C/CCn1cc(C(CO)c3ccccc3)nn1)C(=O)N2. The van der Waals surface area contributed by atoms with Gasteiger partial charge in [-0.3, -0.25) is 24.0 Å². The molecule has 1 aromatic heterocycles. The third-order valence-electron chi connectivity index (χ3n) is 7.40. The van der Waals surface area contributed by atoms with Crippen molar-refractivity contribution in [2.75, 3.05) is 16.8 Å². The molecule has 3 aromatic rings. The summed E-state index contributed by atoms with van der Waals surface area (Å²) in [5.41, 5.74) is 1.03. The highest BCUT2D eigenvalue weighted by Gasteiger charge is 2.49. The first-order valence-electron chi connectivity index (χ1n) is 13.1. The van der Waals surface area contributed by atoms with Crippen LogP contribution in [0.4, 0.5) is 11.4 Å². The molecular formula is C29H31N5O6. The molecule has 2 unspecified atom stereocenters. The number of allylic oxidation sites excluding steroid dienone is 1. The number of amides is 2. The Morgan fingerprint density at radius 3 is 2.73 bits per heavy atom. The molecule has 0 radical (unpaired) electrons. The predicted octanol–water partition coefficient (Wildman–Crippen LogP) is 2.45. The fourth-order valence-corrected chi connectivity index (χ4v) is 5.17. The predicted molar refractivity (Wildman–Crippen MR) is 145 cm³/mol. The molecule has 1 saturated heterocycles. The van der Waals surface area contributed by atoms with Crippen molar-refractivity contribution in [3.05, 3.63) is 83.7 Å². The summed E-state index contributed by atoms with van der Waals surface area (Å²) in [6.07, 6.45) is 5.39. The number of rotatable bonds is 10. The molecular weight excluding hydrogens is 514 g/mol. The number of aliphatic hydroxyl groups is 2. The number of hydrogen-bond acceptors (Lipinski definition) is 8. The van der Waals surface area contributed by atoms with Gasteiger partial charge < -0.3 is 20.3 Å². The zero-order valence-electron chi connectivity index (χ0n) is 22.2. The number of β-lactam (4-membered cyclic amide) rings is 1. The van der Waals surface area contributed by atoms with Crippen LogP contribution >= 0.6 is 0 Å². The van der Waals surface area contributed by atoms with Gasteiger partial charge in [-0.1, -0.05) is 54.6 Å². The zero-order chi connectivity index (χ0) is 28.4. The van der Waals surface area contributed by atoms with Crippen molar-refractivity contribution < 1.29 is 29.3 Å². The highest BCUT2D eigenvalue weighted by Crippen LogP contribution is 2.44. The number of ether oxygens (including phenoxy) is 1. The molecule has 3 N–H and O–H groups in total. The summed E-state index contributed by atoms with van der Waals surface area (Å²) in [7, 11) is 0. The first-order chi connectivity index (χ1) is 19.2. The Morgan fingerprint density at radius 2 is 2.02 bits per heavy atom. The van der Waals surface area contributed by atoms with E-state index in [0.29, 0.717) is 35.6 Å². The van der Waals surface area contributed by atoms with Crippen LogP contribution in [0.2, 0.25) is 0 Å². The molecule has 208 valence electrons. The van der Waals surface area contributed by atoms with Crippen LogP contribution in [-0.2, 0) is 31.3 Å². The minimum atomic E-state index is -1.85. The van der Waals surface area contributed by atoms with Crippen LogP contribution in [0.3, 0.4) is 0 Å². The van der Waals surface area contributed by atoms with E-state index in [1.165, 1.54) is 11.8 Å². The summed E-state index contributed by atoms with van der Waals surface area (Å²) < 4.78 is 6.89.